The minimum atomic E-state index is -4.27. The maximum atomic E-state index is 12.4. The number of carboxylic acid groups (broad SMARTS) is 2. The number of nitrogens with one attached hydrogen (secondary N) is 1. The van der Waals surface area contributed by atoms with Gasteiger partial charge in [-0.3, -0.25) is 4.79 Å². The number of likely N-dealkylation sites (tertiary alicyclic amines) is 1. The first-order valence-electron chi connectivity index (χ1n) is 7.53. The number of aliphatic carboxylic acids is 1. The van der Waals surface area contributed by atoms with Crippen molar-refractivity contribution in [1.29, 1.82) is 0 Å². The van der Waals surface area contributed by atoms with Crippen molar-refractivity contribution in [2.75, 3.05) is 6.54 Å². The Bertz CT molecular complexity index is 806. The molecule has 9 nitrogen and oxygen atoms in total. The van der Waals surface area contributed by atoms with E-state index in [1.807, 2.05) is 0 Å². The maximum absolute atomic E-state index is 12.4. The Balaban J connectivity index is 2.22. The Kier molecular flexibility index (Phi) is 5.43. The molecule has 0 spiro atoms. The molecule has 0 aromatic heterocycles. The highest BCUT2D eigenvalue weighted by Crippen LogP contribution is 2.20. The van der Waals surface area contributed by atoms with E-state index in [1.54, 1.807) is 0 Å². The SMILES string of the molecule is CC(NS(=O)(=O)c1ccccc1C(=O)O)C(=O)N1CCCC1C(=O)O. The van der Waals surface area contributed by atoms with Crippen LogP contribution < -0.4 is 4.72 Å². The zero-order valence-corrected chi connectivity index (χ0v) is 14.2. The molecule has 1 amide bonds. The van der Waals surface area contributed by atoms with E-state index in [2.05, 4.69) is 4.72 Å². The van der Waals surface area contributed by atoms with Crippen LogP contribution in [0.5, 0.6) is 0 Å². The fraction of sp³-hybridized carbons (Fsp3) is 0.400. The van der Waals surface area contributed by atoms with Crippen molar-refractivity contribution in [3.8, 4) is 0 Å². The molecule has 1 aliphatic rings. The molecular formula is C15H18N2O7S. The average Bonchev–Trinajstić information content (AvgIpc) is 3.03. The maximum Gasteiger partial charge on any atom is 0.337 e. The molecule has 0 aliphatic carbocycles. The standard InChI is InChI=1S/C15H18N2O7S/c1-9(13(18)17-8-4-6-11(17)15(21)22)16-25(23,24)12-7-3-2-5-10(12)14(19)20/h2-3,5,7,9,11,16H,4,6,8H2,1H3,(H,19,20)(H,21,22). The van der Waals surface area contributed by atoms with Gasteiger partial charge in [0.1, 0.15) is 6.04 Å². The number of aromatic carboxylic acids is 1. The second kappa shape index (κ2) is 7.19. The molecule has 25 heavy (non-hydrogen) atoms. The molecule has 136 valence electrons. The van der Waals surface area contributed by atoms with Crippen molar-refractivity contribution in [2.45, 2.75) is 36.7 Å². The normalized spacial score (nSPS) is 18.8. The molecule has 0 radical (unpaired) electrons. The summed E-state index contributed by atoms with van der Waals surface area (Å²) in [5, 5.41) is 18.2. The number of carboxylic acids is 2. The molecule has 2 unspecified atom stereocenters. The molecule has 1 fully saturated rings. The molecule has 0 saturated carbocycles. The van der Waals surface area contributed by atoms with Crippen molar-refractivity contribution in [2.24, 2.45) is 0 Å². The van der Waals surface area contributed by atoms with Gasteiger partial charge in [-0.2, -0.15) is 4.72 Å². The van der Waals surface area contributed by atoms with Gasteiger partial charge >= 0.3 is 11.9 Å². The van der Waals surface area contributed by atoms with Crippen LogP contribution in [0.1, 0.15) is 30.1 Å². The summed E-state index contributed by atoms with van der Waals surface area (Å²) >= 11 is 0. The molecule has 10 heteroatoms. The van der Waals surface area contributed by atoms with Crippen LogP contribution in [0.2, 0.25) is 0 Å². The molecule has 1 saturated heterocycles. The Labute approximate surface area is 144 Å². The van der Waals surface area contributed by atoms with E-state index < -0.39 is 50.4 Å². The third-order valence-electron chi connectivity index (χ3n) is 3.93. The molecule has 0 bridgehead atoms. The minimum absolute atomic E-state index is 0.230. The number of amides is 1. The highest BCUT2D eigenvalue weighted by atomic mass is 32.2. The summed E-state index contributed by atoms with van der Waals surface area (Å²) in [4.78, 5) is 35.4. The van der Waals surface area contributed by atoms with Crippen LogP contribution in [0, 0.1) is 0 Å². The van der Waals surface area contributed by atoms with Gasteiger partial charge < -0.3 is 15.1 Å². The summed E-state index contributed by atoms with van der Waals surface area (Å²) in [5.41, 5.74) is -0.417. The van der Waals surface area contributed by atoms with Gasteiger partial charge in [0.15, 0.2) is 0 Å². The molecule has 1 aromatic rings. The van der Waals surface area contributed by atoms with Crippen LogP contribution in [0.4, 0.5) is 0 Å². The first-order chi connectivity index (χ1) is 11.6. The van der Waals surface area contributed by atoms with Crippen LogP contribution in [-0.2, 0) is 19.6 Å². The van der Waals surface area contributed by atoms with E-state index >= 15 is 0 Å². The molecular weight excluding hydrogens is 352 g/mol. The van der Waals surface area contributed by atoms with Crippen molar-refractivity contribution in [3.63, 3.8) is 0 Å². The third kappa shape index (κ3) is 3.97. The van der Waals surface area contributed by atoms with Gasteiger partial charge in [-0.05, 0) is 31.9 Å². The first-order valence-corrected chi connectivity index (χ1v) is 9.01. The van der Waals surface area contributed by atoms with Crippen LogP contribution in [0.25, 0.3) is 0 Å². The summed E-state index contributed by atoms with van der Waals surface area (Å²) in [6, 6.07) is 2.81. The van der Waals surface area contributed by atoms with Crippen LogP contribution in [0.3, 0.4) is 0 Å². The lowest BCUT2D eigenvalue weighted by Crippen LogP contribution is -2.50. The number of hydrogen-bond donors (Lipinski definition) is 3. The van der Waals surface area contributed by atoms with Gasteiger partial charge in [0.05, 0.1) is 16.5 Å². The summed E-state index contributed by atoms with van der Waals surface area (Å²) < 4.78 is 27.0. The number of sulfonamides is 1. The largest absolute Gasteiger partial charge is 0.480 e. The fourth-order valence-electron chi connectivity index (χ4n) is 2.76. The highest BCUT2D eigenvalue weighted by molar-refractivity contribution is 7.89. The number of hydrogen-bond acceptors (Lipinski definition) is 5. The predicted molar refractivity (Wildman–Crippen MR) is 85.6 cm³/mol. The van der Waals surface area contributed by atoms with Crippen molar-refractivity contribution >= 4 is 27.9 Å². The topological polar surface area (TPSA) is 141 Å². The van der Waals surface area contributed by atoms with Gasteiger partial charge in [0, 0.05) is 6.54 Å². The molecule has 2 rings (SSSR count). The van der Waals surface area contributed by atoms with Gasteiger partial charge in [0.25, 0.3) is 0 Å². The van der Waals surface area contributed by atoms with Crippen LogP contribution in [0.15, 0.2) is 29.2 Å². The van der Waals surface area contributed by atoms with Gasteiger partial charge in [0.2, 0.25) is 15.9 Å². The van der Waals surface area contributed by atoms with Gasteiger partial charge in [-0.25, -0.2) is 18.0 Å². The number of rotatable bonds is 6. The van der Waals surface area contributed by atoms with E-state index in [0.717, 1.165) is 17.0 Å². The smallest absolute Gasteiger partial charge is 0.337 e. The first kappa shape index (κ1) is 18.9. The molecule has 2 atom stereocenters. The predicted octanol–water partition coefficient (Wildman–Crippen LogP) is 0.127. The number of benzene rings is 1. The Morgan fingerprint density at radius 1 is 1.24 bits per heavy atom. The molecule has 1 aliphatic heterocycles. The third-order valence-corrected chi connectivity index (χ3v) is 5.53. The van der Waals surface area contributed by atoms with Crippen molar-refractivity contribution < 1.29 is 33.0 Å². The summed E-state index contributed by atoms with van der Waals surface area (Å²) in [7, 11) is -4.27. The second-order valence-electron chi connectivity index (χ2n) is 5.67. The highest BCUT2D eigenvalue weighted by Gasteiger charge is 2.37. The lowest BCUT2D eigenvalue weighted by molar-refractivity contribution is -0.148. The minimum Gasteiger partial charge on any atom is -0.480 e. The Morgan fingerprint density at radius 2 is 1.88 bits per heavy atom. The second-order valence-corrected chi connectivity index (χ2v) is 7.35. The molecule has 1 aromatic carbocycles. The fourth-order valence-corrected chi connectivity index (χ4v) is 4.16. The molecule has 3 N–H and O–H groups in total. The Morgan fingerprint density at radius 3 is 2.48 bits per heavy atom. The summed E-state index contributed by atoms with van der Waals surface area (Å²) in [5.74, 6) is -3.22. The van der Waals surface area contributed by atoms with Gasteiger partial charge in [-0.1, -0.05) is 12.1 Å². The zero-order chi connectivity index (χ0) is 18.8. The zero-order valence-electron chi connectivity index (χ0n) is 13.4. The van der Waals surface area contributed by atoms with Crippen LogP contribution in [-0.4, -0.2) is 60.0 Å². The Hall–Kier alpha value is -2.46. The van der Waals surface area contributed by atoms with E-state index in [0.29, 0.717) is 12.8 Å². The number of nitrogens with zero attached hydrogens (tertiary/aromatic N) is 1. The lowest BCUT2D eigenvalue weighted by atomic mass is 10.2. The lowest BCUT2D eigenvalue weighted by Gasteiger charge is -2.25. The number of carbonyl (C=O) groups is 3. The molecule has 1 heterocycles. The average molecular weight is 370 g/mol. The van der Waals surface area contributed by atoms with E-state index in [1.165, 1.54) is 19.1 Å². The van der Waals surface area contributed by atoms with E-state index in [4.69, 9.17) is 10.2 Å². The monoisotopic (exact) mass is 370 g/mol. The quantitative estimate of drug-likeness (QED) is 0.646. The van der Waals surface area contributed by atoms with Crippen molar-refractivity contribution in [1.82, 2.24) is 9.62 Å². The van der Waals surface area contributed by atoms with Gasteiger partial charge in [-0.15, -0.1) is 0 Å². The number of carbonyl (C=O) groups excluding carboxylic acids is 1. The summed E-state index contributed by atoms with van der Waals surface area (Å²) in [6.45, 7) is 1.52. The van der Waals surface area contributed by atoms with Crippen LogP contribution >= 0.6 is 0 Å². The van der Waals surface area contributed by atoms with E-state index in [-0.39, 0.29) is 6.54 Å². The summed E-state index contributed by atoms with van der Waals surface area (Å²) in [6.07, 6.45) is 0.826. The van der Waals surface area contributed by atoms with E-state index in [9.17, 15) is 22.8 Å². The van der Waals surface area contributed by atoms with Crippen molar-refractivity contribution in [3.05, 3.63) is 29.8 Å².